The molecule has 0 bridgehead atoms. The number of anilines is 2. The molecule has 0 saturated carbocycles. The molecule has 1 aliphatic rings. The van der Waals surface area contributed by atoms with E-state index in [-0.39, 0.29) is 11.6 Å². The molecule has 8 nitrogen and oxygen atoms in total. The second-order valence-corrected chi connectivity index (χ2v) is 9.23. The monoisotopic (exact) mass is 475 g/mol. The van der Waals surface area contributed by atoms with Gasteiger partial charge in [-0.2, -0.15) is 5.10 Å². The van der Waals surface area contributed by atoms with Gasteiger partial charge in [-0.05, 0) is 29.7 Å². The minimum Gasteiger partial charge on any atom is -0.383 e. The van der Waals surface area contributed by atoms with Crippen LogP contribution in [-0.4, -0.2) is 56.4 Å². The maximum Gasteiger partial charge on any atom is 0.229 e. The summed E-state index contributed by atoms with van der Waals surface area (Å²) in [5.74, 6) is 0.771. The second-order valence-electron chi connectivity index (χ2n) is 9.23. The van der Waals surface area contributed by atoms with E-state index in [4.69, 9.17) is 9.72 Å². The van der Waals surface area contributed by atoms with Gasteiger partial charge >= 0.3 is 0 Å². The minimum atomic E-state index is -0.473. The number of ether oxygens (including phenoxy) is 1. The fourth-order valence-corrected chi connectivity index (χ4v) is 4.75. The van der Waals surface area contributed by atoms with Gasteiger partial charge in [0, 0.05) is 62.6 Å². The van der Waals surface area contributed by atoms with Gasteiger partial charge in [0.25, 0.3) is 0 Å². The average Bonchev–Trinajstić information content (AvgIpc) is 3.19. The van der Waals surface area contributed by atoms with Crippen LogP contribution in [0.4, 0.5) is 16.2 Å². The van der Waals surface area contributed by atoms with Crippen molar-refractivity contribution in [2.24, 2.45) is 7.05 Å². The molecule has 0 spiro atoms. The summed E-state index contributed by atoms with van der Waals surface area (Å²) >= 11 is 0. The molecule has 0 aliphatic carbocycles. The van der Waals surface area contributed by atoms with Crippen molar-refractivity contribution in [1.29, 1.82) is 0 Å². The summed E-state index contributed by atoms with van der Waals surface area (Å²) in [7, 11) is 3.66. The lowest BCUT2D eigenvalue weighted by Crippen LogP contribution is -2.33. The topological polar surface area (TPSA) is 81.0 Å². The fourth-order valence-electron chi connectivity index (χ4n) is 4.75. The highest BCUT2D eigenvalue weighted by atomic mass is 19.1. The van der Waals surface area contributed by atoms with E-state index >= 15 is 0 Å². The van der Waals surface area contributed by atoms with Crippen molar-refractivity contribution in [2.75, 3.05) is 32.1 Å². The van der Waals surface area contributed by atoms with Crippen molar-refractivity contribution < 1.29 is 9.13 Å². The molecule has 4 heterocycles. The van der Waals surface area contributed by atoms with Gasteiger partial charge in [0.15, 0.2) is 5.82 Å². The average molecular weight is 476 g/mol. The van der Waals surface area contributed by atoms with E-state index < -0.39 is 5.82 Å². The first kappa shape index (κ1) is 23.3. The molecule has 0 saturated heterocycles. The van der Waals surface area contributed by atoms with Crippen LogP contribution in [0.15, 0.2) is 36.5 Å². The molecule has 1 aromatic carbocycles. The number of methoxy groups -OCH3 is 1. The zero-order valence-corrected chi connectivity index (χ0v) is 20.5. The number of fused-ring (bicyclic) bond motifs is 2. The standard InChI is InChI=1S/C26H30FN7O/c1-16(2)25-19-13-17(5-7-22(19)32-33(25)3)24-20(27)14-28-26(31-24)30-23-8-6-18-15-34(11-12-35-4)10-9-21(18)29-23/h5-8,13-14,16H,9-12,15H2,1-4H3,(H,28,29,30,31). The first-order valence-electron chi connectivity index (χ1n) is 11.9. The van der Waals surface area contributed by atoms with Crippen LogP contribution in [0, 0.1) is 5.82 Å². The lowest BCUT2D eigenvalue weighted by Gasteiger charge is -2.28. The lowest BCUT2D eigenvalue weighted by molar-refractivity contribution is 0.140. The van der Waals surface area contributed by atoms with E-state index in [1.54, 1.807) is 7.11 Å². The second kappa shape index (κ2) is 9.67. The zero-order valence-electron chi connectivity index (χ0n) is 20.5. The van der Waals surface area contributed by atoms with Gasteiger partial charge in [-0.15, -0.1) is 0 Å². The van der Waals surface area contributed by atoms with Crippen molar-refractivity contribution in [2.45, 2.75) is 32.7 Å². The number of rotatable bonds is 7. The van der Waals surface area contributed by atoms with Crippen LogP contribution in [0.5, 0.6) is 0 Å². The number of aryl methyl sites for hydroxylation is 1. The van der Waals surface area contributed by atoms with Crippen LogP contribution in [0.2, 0.25) is 0 Å². The third-order valence-corrected chi connectivity index (χ3v) is 6.42. The Balaban J connectivity index is 1.40. The molecule has 35 heavy (non-hydrogen) atoms. The van der Waals surface area contributed by atoms with E-state index in [0.29, 0.717) is 17.3 Å². The molecule has 0 amide bonds. The van der Waals surface area contributed by atoms with E-state index in [0.717, 1.165) is 55.0 Å². The summed E-state index contributed by atoms with van der Waals surface area (Å²) in [6, 6.07) is 9.71. The molecule has 0 atom stereocenters. The highest BCUT2D eigenvalue weighted by Gasteiger charge is 2.19. The predicted octanol–water partition coefficient (Wildman–Crippen LogP) is 4.44. The third-order valence-electron chi connectivity index (χ3n) is 6.42. The maximum absolute atomic E-state index is 14.8. The van der Waals surface area contributed by atoms with Crippen molar-refractivity contribution in [1.82, 2.24) is 29.6 Å². The number of pyridine rings is 1. The summed E-state index contributed by atoms with van der Waals surface area (Å²) in [6.07, 6.45) is 2.07. The summed E-state index contributed by atoms with van der Waals surface area (Å²) in [5.41, 5.74) is 5.19. The largest absolute Gasteiger partial charge is 0.383 e. The molecule has 182 valence electrons. The molecule has 1 N–H and O–H groups in total. The highest BCUT2D eigenvalue weighted by molar-refractivity contribution is 5.86. The van der Waals surface area contributed by atoms with Gasteiger partial charge in [-0.25, -0.2) is 19.3 Å². The summed E-state index contributed by atoms with van der Waals surface area (Å²) in [4.78, 5) is 15.8. The van der Waals surface area contributed by atoms with E-state index in [9.17, 15) is 4.39 Å². The molecule has 5 rings (SSSR count). The predicted molar refractivity (Wildman–Crippen MR) is 134 cm³/mol. The first-order chi connectivity index (χ1) is 16.9. The Hall–Kier alpha value is -3.43. The Labute approximate surface area is 204 Å². The van der Waals surface area contributed by atoms with Gasteiger partial charge in [0.2, 0.25) is 5.95 Å². The van der Waals surface area contributed by atoms with Crippen LogP contribution >= 0.6 is 0 Å². The molecule has 0 fully saturated rings. The highest BCUT2D eigenvalue weighted by Crippen LogP contribution is 2.30. The quantitative estimate of drug-likeness (QED) is 0.423. The van der Waals surface area contributed by atoms with Crippen LogP contribution in [0.25, 0.3) is 22.2 Å². The Bertz CT molecular complexity index is 1370. The minimum absolute atomic E-state index is 0.245. The van der Waals surface area contributed by atoms with Crippen molar-refractivity contribution >= 4 is 22.7 Å². The Morgan fingerprint density at radius 1 is 1.17 bits per heavy atom. The number of aromatic nitrogens is 5. The van der Waals surface area contributed by atoms with Crippen molar-refractivity contribution in [3.63, 3.8) is 0 Å². The molecular weight excluding hydrogens is 445 g/mol. The number of hydrogen-bond acceptors (Lipinski definition) is 7. The molecule has 0 unspecified atom stereocenters. The number of hydrogen-bond donors (Lipinski definition) is 1. The SMILES string of the molecule is COCCN1CCc2nc(Nc3ncc(F)c(-c4ccc5nn(C)c(C(C)C)c5c4)n3)ccc2C1. The van der Waals surface area contributed by atoms with Gasteiger partial charge in [0.1, 0.15) is 11.5 Å². The molecular formula is C26H30FN7O. The number of nitrogens with zero attached hydrogens (tertiary/aromatic N) is 6. The van der Waals surface area contributed by atoms with Crippen LogP contribution in [-0.2, 0) is 24.8 Å². The summed E-state index contributed by atoms with van der Waals surface area (Å²) < 4.78 is 21.9. The Kier molecular flexibility index (Phi) is 6.44. The van der Waals surface area contributed by atoms with Crippen LogP contribution < -0.4 is 5.32 Å². The van der Waals surface area contributed by atoms with Crippen LogP contribution in [0.1, 0.15) is 36.7 Å². The molecule has 3 aromatic heterocycles. The smallest absolute Gasteiger partial charge is 0.229 e. The van der Waals surface area contributed by atoms with Gasteiger partial charge < -0.3 is 10.1 Å². The number of halogens is 1. The van der Waals surface area contributed by atoms with E-state index in [1.807, 2.05) is 36.0 Å². The van der Waals surface area contributed by atoms with Gasteiger partial charge in [-0.1, -0.05) is 26.0 Å². The van der Waals surface area contributed by atoms with Crippen molar-refractivity contribution in [3.05, 3.63) is 59.3 Å². The number of nitrogens with one attached hydrogen (secondary N) is 1. The fraction of sp³-hybridized carbons (Fsp3) is 0.385. The third kappa shape index (κ3) is 4.74. The maximum atomic E-state index is 14.8. The molecule has 1 aliphatic heterocycles. The van der Waals surface area contributed by atoms with E-state index in [2.05, 4.69) is 45.2 Å². The van der Waals surface area contributed by atoms with Gasteiger partial charge in [-0.3, -0.25) is 9.58 Å². The summed E-state index contributed by atoms with van der Waals surface area (Å²) in [6.45, 7) is 7.68. The molecule has 0 radical (unpaired) electrons. The normalized spacial score (nSPS) is 14.0. The summed E-state index contributed by atoms with van der Waals surface area (Å²) in [5, 5.41) is 8.74. The Morgan fingerprint density at radius 3 is 2.83 bits per heavy atom. The lowest BCUT2D eigenvalue weighted by atomic mass is 10.0. The van der Waals surface area contributed by atoms with Gasteiger partial charge in [0.05, 0.1) is 18.3 Å². The Morgan fingerprint density at radius 2 is 2.03 bits per heavy atom. The molecule has 9 heteroatoms. The number of benzene rings is 1. The van der Waals surface area contributed by atoms with Crippen molar-refractivity contribution in [3.8, 4) is 11.3 Å². The van der Waals surface area contributed by atoms with E-state index in [1.165, 1.54) is 11.8 Å². The van der Waals surface area contributed by atoms with Crippen LogP contribution in [0.3, 0.4) is 0 Å². The first-order valence-corrected chi connectivity index (χ1v) is 11.9. The molecule has 4 aromatic rings. The zero-order chi connectivity index (χ0) is 24.5.